The fourth-order valence-electron chi connectivity index (χ4n) is 2.90. The molecule has 5 heteroatoms. The van der Waals surface area contributed by atoms with Crippen molar-refractivity contribution < 1.29 is 17.9 Å². The second-order valence-electron chi connectivity index (χ2n) is 6.25. The molecule has 1 heterocycles. The minimum Gasteiger partial charge on any atom is -0.374 e. The van der Waals surface area contributed by atoms with E-state index in [4.69, 9.17) is 4.74 Å². The molecule has 0 aliphatic heterocycles. The first-order valence-corrected chi connectivity index (χ1v) is 8.56. The lowest BCUT2D eigenvalue weighted by Crippen LogP contribution is -2.09. The molecule has 0 aliphatic carbocycles. The molecule has 26 heavy (non-hydrogen) atoms. The minimum absolute atomic E-state index is 0.0360. The molecule has 0 amide bonds. The number of alkyl halides is 3. The molecule has 0 aliphatic rings. The Morgan fingerprint density at radius 2 is 1.77 bits per heavy atom. The third-order valence-corrected chi connectivity index (χ3v) is 4.44. The number of benzene rings is 2. The number of nitrogens with zero attached hydrogens (tertiary/aromatic N) is 1. The molecule has 2 aromatic carbocycles. The second-order valence-corrected chi connectivity index (χ2v) is 6.25. The van der Waals surface area contributed by atoms with Crippen molar-refractivity contribution in [3.63, 3.8) is 0 Å². The first kappa shape index (κ1) is 18.4. The molecule has 1 unspecified atom stereocenters. The van der Waals surface area contributed by atoms with Crippen molar-refractivity contribution >= 4 is 10.9 Å². The van der Waals surface area contributed by atoms with E-state index >= 15 is 0 Å². The van der Waals surface area contributed by atoms with Crippen LogP contribution in [-0.2, 0) is 17.5 Å². The number of pyridine rings is 1. The quantitative estimate of drug-likeness (QED) is 0.538. The molecule has 0 bridgehead atoms. The summed E-state index contributed by atoms with van der Waals surface area (Å²) in [7, 11) is 0. The summed E-state index contributed by atoms with van der Waals surface area (Å²) >= 11 is 0. The monoisotopic (exact) mass is 359 g/mol. The van der Waals surface area contributed by atoms with Crippen LogP contribution in [-0.4, -0.2) is 11.1 Å². The van der Waals surface area contributed by atoms with Crippen molar-refractivity contribution in [2.75, 3.05) is 0 Å². The molecular weight excluding hydrogens is 339 g/mol. The van der Waals surface area contributed by atoms with E-state index in [9.17, 15) is 13.2 Å². The van der Waals surface area contributed by atoms with Crippen molar-refractivity contribution in [1.82, 2.24) is 4.98 Å². The van der Waals surface area contributed by atoms with Gasteiger partial charge in [0.25, 0.3) is 0 Å². The molecule has 0 saturated carbocycles. The third kappa shape index (κ3) is 3.73. The van der Waals surface area contributed by atoms with Gasteiger partial charge in [0, 0.05) is 17.1 Å². The molecule has 0 saturated heterocycles. The fraction of sp³-hybridized carbons (Fsp3) is 0.286. The van der Waals surface area contributed by atoms with Crippen LogP contribution < -0.4 is 0 Å². The lowest BCUT2D eigenvalue weighted by molar-refractivity contribution is -0.136. The van der Waals surface area contributed by atoms with E-state index < -0.39 is 11.7 Å². The highest BCUT2D eigenvalue weighted by molar-refractivity contribution is 5.97. The summed E-state index contributed by atoms with van der Waals surface area (Å²) in [5.74, 6) is 0. The van der Waals surface area contributed by atoms with E-state index in [1.807, 2.05) is 44.2 Å². The molecule has 0 N–H and O–H groups in total. The smallest absolute Gasteiger partial charge is 0.374 e. The summed E-state index contributed by atoms with van der Waals surface area (Å²) in [5.41, 5.74) is 1.61. The van der Waals surface area contributed by atoms with Crippen LogP contribution >= 0.6 is 0 Å². The summed E-state index contributed by atoms with van der Waals surface area (Å²) < 4.78 is 46.0. The lowest BCUT2D eigenvalue weighted by Gasteiger charge is -2.17. The topological polar surface area (TPSA) is 22.1 Å². The summed E-state index contributed by atoms with van der Waals surface area (Å²) in [6, 6.07) is 13.6. The van der Waals surface area contributed by atoms with E-state index in [0.717, 1.165) is 29.2 Å². The van der Waals surface area contributed by atoms with Gasteiger partial charge < -0.3 is 4.74 Å². The largest absolute Gasteiger partial charge is 0.418 e. The fourth-order valence-corrected chi connectivity index (χ4v) is 2.90. The van der Waals surface area contributed by atoms with Gasteiger partial charge in [-0.2, -0.15) is 13.2 Å². The van der Waals surface area contributed by atoms with Crippen LogP contribution in [0.1, 0.15) is 31.4 Å². The number of ether oxygens (including phenoxy) is 1. The maximum atomic E-state index is 13.4. The molecular formula is C21H20F3NO. The highest BCUT2D eigenvalue weighted by Crippen LogP contribution is 2.38. The molecule has 3 aromatic rings. The highest BCUT2D eigenvalue weighted by atomic mass is 19.4. The normalized spacial score (nSPS) is 13.1. The Hall–Kier alpha value is -2.40. The second kappa shape index (κ2) is 7.46. The number of para-hydroxylation sites is 1. The molecule has 0 fully saturated rings. The number of hydrogen-bond donors (Lipinski definition) is 0. The maximum absolute atomic E-state index is 13.4. The number of aromatic nitrogens is 1. The Bertz CT molecular complexity index is 891. The van der Waals surface area contributed by atoms with Crippen molar-refractivity contribution in [1.29, 1.82) is 0 Å². The van der Waals surface area contributed by atoms with Crippen LogP contribution in [0.25, 0.3) is 22.0 Å². The van der Waals surface area contributed by atoms with Crippen molar-refractivity contribution in [3.8, 4) is 11.1 Å². The zero-order valence-corrected chi connectivity index (χ0v) is 14.7. The van der Waals surface area contributed by atoms with E-state index in [-0.39, 0.29) is 11.6 Å². The number of hydrogen-bond acceptors (Lipinski definition) is 2. The van der Waals surface area contributed by atoms with Crippen LogP contribution in [0.5, 0.6) is 0 Å². The van der Waals surface area contributed by atoms with Gasteiger partial charge in [-0.05, 0) is 30.5 Å². The predicted octanol–water partition coefficient (Wildman–Crippen LogP) is 6.24. The van der Waals surface area contributed by atoms with Gasteiger partial charge in [0.05, 0.1) is 23.8 Å². The first-order chi connectivity index (χ1) is 12.4. The van der Waals surface area contributed by atoms with Gasteiger partial charge in [-0.25, -0.2) is 0 Å². The van der Waals surface area contributed by atoms with Crippen molar-refractivity contribution in [3.05, 3.63) is 65.9 Å². The summed E-state index contributed by atoms with van der Waals surface area (Å²) in [6.45, 7) is 4.30. The van der Waals surface area contributed by atoms with Gasteiger partial charge in [-0.3, -0.25) is 4.98 Å². The van der Waals surface area contributed by atoms with Crippen molar-refractivity contribution in [2.24, 2.45) is 0 Å². The molecule has 2 nitrogen and oxygen atoms in total. The molecule has 0 spiro atoms. The van der Waals surface area contributed by atoms with Crippen LogP contribution in [0.4, 0.5) is 13.2 Å². The average Bonchev–Trinajstić information content (AvgIpc) is 2.64. The average molecular weight is 359 g/mol. The van der Waals surface area contributed by atoms with Gasteiger partial charge in [0.2, 0.25) is 0 Å². The van der Waals surface area contributed by atoms with Gasteiger partial charge in [-0.15, -0.1) is 0 Å². The van der Waals surface area contributed by atoms with Crippen LogP contribution in [0.15, 0.2) is 54.7 Å². The molecule has 1 atom stereocenters. The third-order valence-electron chi connectivity index (χ3n) is 4.44. The summed E-state index contributed by atoms with van der Waals surface area (Å²) in [4.78, 5) is 4.14. The van der Waals surface area contributed by atoms with E-state index in [0.29, 0.717) is 12.0 Å². The predicted molar refractivity (Wildman–Crippen MR) is 96.7 cm³/mol. The first-order valence-electron chi connectivity index (χ1n) is 8.56. The number of fused-ring (bicyclic) bond motifs is 1. The van der Waals surface area contributed by atoms with E-state index in [2.05, 4.69) is 4.98 Å². The standard InChI is InChI=1S/C21H20F3NO/c1-3-14(2)26-13-16-12-25-20-17(10-7-11-18(20)21(22,23)24)19(16)15-8-5-4-6-9-15/h4-12,14H,3,13H2,1-2H3. The zero-order valence-electron chi connectivity index (χ0n) is 14.7. The molecule has 136 valence electrons. The van der Waals surface area contributed by atoms with Crippen LogP contribution in [0.3, 0.4) is 0 Å². The molecule has 0 radical (unpaired) electrons. The van der Waals surface area contributed by atoms with Gasteiger partial charge >= 0.3 is 6.18 Å². The van der Waals surface area contributed by atoms with Crippen LogP contribution in [0, 0.1) is 0 Å². The highest BCUT2D eigenvalue weighted by Gasteiger charge is 2.33. The Labute approximate surface area is 150 Å². The summed E-state index contributed by atoms with van der Waals surface area (Å²) in [5, 5.41) is 0.483. The Morgan fingerprint density at radius 3 is 2.42 bits per heavy atom. The Morgan fingerprint density at radius 1 is 1.04 bits per heavy atom. The number of rotatable bonds is 5. The van der Waals surface area contributed by atoms with E-state index in [1.54, 1.807) is 6.07 Å². The van der Waals surface area contributed by atoms with Gasteiger partial charge in [0.1, 0.15) is 0 Å². The number of halogens is 3. The lowest BCUT2D eigenvalue weighted by atomic mass is 9.95. The van der Waals surface area contributed by atoms with E-state index in [1.165, 1.54) is 12.3 Å². The van der Waals surface area contributed by atoms with Crippen LogP contribution in [0.2, 0.25) is 0 Å². The maximum Gasteiger partial charge on any atom is 0.418 e. The van der Waals surface area contributed by atoms with Crippen molar-refractivity contribution in [2.45, 2.75) is 39.2 Å². The molecule has 1 aromatic heterocycles. The Kier molecular flexibility index (Phi) is 5.28. The molecule has 3 rings (SSSR count). The van der Waals surface area contributed by atoms with Gasteiger partial charge in [-0.1, -0.05) is 49.4 Å². The Balaban J connectivity index is 2.22. The summed E-state index contributed by atoms with van der Waals surface area (Å²) in [6.07, 6.45) is -2.02. The van der Waals surface area contributed by atoms with Gasteiger partial charge in [0.15, 0.2) is 0 Å². The SMILES string of the molecule is CCC(C)OCc1cnc2c(C(F)(F)F)cccc2c1-c1ccccc1. The minimum atomic E-state index is -4.45. The zero-order chi connectivity index (χ0) is 18.7.